The Labute approximate surface area is 209 Å². The first-order chi connectivity index (χ1) is 17.2. The number of ether oxygens (including phenoxy) is 3. The SMILES string of the molecule is CC1(C)COC(CCN[C@@H](Cc2c[nH]c3ccccc23)C(=O)N[C@H]2C(O)O[C@H](CO)[C@@H](O)[C@@H]2O)OC1. The highest BCUT2D eigenvalue weighted by atomic mass is 16.7. The van der Waals surface area contributed by atoms with Crippen molar-refractivity contribution in [3.05, 3.63) is 36.0 Å². The van der Waals surface area contributed by atoms with Crippen LogP contribution in [-0.2, 0) is 25.4 Å². The molecule has 2 aliphatic heterocycles. The van der Waals surface area contributed by atoms with Crippen LogP contribution in [0.5, 0.6) is 0 Å². The highest BCUT2D eigenvalue weighted by Crippen LogP contribution is 2.24. The van der Waals surface area contributed by atoms with Crippen LogP contribution in [0.4, 0.5) is 0 Å². The van der Waals surface area contributed by atoms with Crippen LogP contribution in [0.2, 0.25) is 0 Å². The number of H-pyrrole nitrogens is 1. The highest BCUT2D eigenvalue weighted by molar-refractivity contribution is 5.86. The number of nitrogens with one attached hydrogen (secondary N) is 3. The summed E-state index contributed by atoms with van der Waals surface area (Å²) in [6, 6.07) is 5.77. The van der Waals surface area contributed by atoms with E-state index in [9.17, 15) is 25.2 Å². The van der Waals surface area contributed by atoms with Gasteiger partial charge in [-0.15, -0.1) is 0 Å². The van der Waals surface area contributed by atoms with Crippen molar-refractivity contribution >= 4 is 16.8 Å². The molecule has 200 valence electrons. The van der Waals surface area contributed by atoms with Gasteiger partial charge in [-0.1, -0.05) is 32.0 Å². The Morgan fingerprint density at radius 2 is 1.89 bits per heavy atom. The quantitative estimate of drug-likeness (QED) is 0.234. The summed E-state index contributed by atoms with van der Waals surface area (Å²) in [6.45, 7) is 5.16. The lowest BCUT2D eigenvalue weighted by atomic mass is 9.95. The van der Waals surface area contributed by atoms with Gasteiger partial charge in [-0.2, -0.15) is 0 Å². The lowest BCUT2D eigenvalue weighted by molar-refractivity contribution is -0.254. The zero-order valence-electron chi connectivity index (χ0n) is 20.6. The third-order valence-electron chi connectivity index (χ3n) is 6.72. The molecule has 0 radical (unpaired) electrons. The molecule has 0 bridgehead atoms. The Hall–Kier alpha value is -2.09. The fourth-order valence-corrected chi connectivity index (χ4v) is 4.56. The van der Waals surface area contributed by atoms with E-state index in [0.29, 0.717) is 32.6 Å². The predicted octanol–water partition coefficient (Wildman–Crippen LogP) is -0.626. The zero-order valence-corrected chi connectivity index (χ0v) is 20.6. The molecule has 7 N–H and O–H groups in total. The first-order valence-electron chi connectivity index (χ1n) is 12.3. The van der Waals surface area contributed by atoms with Crippen LogP contribution >= 0.6 is 0 Å². The van der Waals surface area contributed by atoms with Gasteiger partial charge in [-0.05, 0) is 18.1 Å². The van der Waals surface area contributed by atoms with E-state index in [4.69, 9.17) is 14.2 Å². The summed E-state index contributed by atoms with van der Waals surface area (Å²) in [5.74, 6) is -0.478. The fourth-order valence-electron chi connectivity index (χ4n) is 4.56. The predicted molar refractivity (Wildman–Crippen MR) is 130 cm³/mol. The van der Waals surface area contributed by atoms with E-state index in [2.05, 4.69) is 29.5 Å². The normalized spacial score (nSPS) is 29.8. The van der Waals surface area contributed by atoms with Crippen molar-refractivity contribution in [2.75, 3.05) is 26.4 Å². The number of fused-ring (bicyclic) bond motifs is 1. The number of hydrogen-bond acceptors (Lipinski definition) is 9. The number of aromatic amines is 1. The van der Waals surface area contributed by atoms with Crippen molar-refractivity contribution in [3.63, 3.8) is 0 Å². The Bertz CT molecular complexity index is 1000. The lowest BCUT2D eigenvalue weighted by Crippen LogP contribution is -2.65. The van der Waals surface area contributed by atoms with Crippen LogP contribution in [0.1, 0.15) is 25.8 Å². The molecule has 0 saturated carbocycles. The number of amides is 1. The molecule has 2 aromatic rings. The second kappa shape index (κ2) is 11.5. The maximum absolute atomic E-state index is 13.3. The van der Waals surface area contributed by atoms with Crippen molar-refractivity contribution in [3.8, 4) is 0 Å². The molecule has 3 heterocycles. The number of rotatable bonds is 9. The third-order valence-corrected chi connectivity index (χ3v) is 6.72. The fraction of sp³-hybridized carbons (Fsp3) is 0.640. The van der Waals surface area contributed by atoms with Crippen molar-refractivity contribution in [2.24, 2.45) is 5.41 Å². The van der Waals surface area contributed by atoms with Crippen molar-refractivity contribution in [1.82, 2.24) is 15.6 Å². The lowest BCUT2D eigenvalue weighted by Gasteiger charge is -2.40. The van der Waals surface area contributed by atoms with E-state index in [1.165, 1.54) is 0 Å². The third kappa shape index (κ3) is 6.24. The number of carbonyl (C=O) groups is 1. The molecule has 2 fully saturated rings. The molecule has 2 saturated heterocycles. The molecular weight excluding hydrogens is 470 g/mol. The van der Waals surface area contributed by atoms with Crippen LogP contribution in [0, 0.1) is 5.41 Å². The highest BCUT2D eigenvalue weighted by Gasteiger charge is 2.44. The molecule has 4 rings (SSSR count). The largest absolute Gasteiger partial charge is 0.394 e. The number of para-hydroxylation sites is 1. The van der Waals surface area contributed by atoms with Crippen LogP contribution < -0.4 is 10.6 Å². The van der Waals surface area contributed by atoms with Gasteiger partial charge in [-0.25, -0.2) is 0 Å². The monoisotopic (exact) mass is 507 g/mol. The summed E-state index contributed by atoms with van der Waals surface area (Å²) in [4.78, 5) is 16.5. The Kier molecular flexibility index (Phi) is 8.63. The summed E-state index contributed by atoms with van der Waals surface area (Å²) in [7, 11) is 0. The first-order valence-corrected chi connectivity index (χ1v) is 12.3. The van der Waals surface area contributed by atoms with Crippen molar-refractivity contribution in [1.29, 1.82) is 0 Å². The minimum absolute atomic E-state index is 0.0367. The van der Waals surface area contributed by atoms with Crippen LogP contribution in [0.3, 0.4) is 0 Å². The van der Waals surface area contributed by atoms with Crippen molar-refractivity contribution in [2.45, 2.75) is 69.7 Å². The molecule has 0 spiro atoms. The second-order valence-electron chi connectivity index (χ2n) is 10.3. The summed E-state index contributed by atoms with van der Waals surface area (Å²) < 4.78 is 16.7. The van der Waals surface area contributed by atoms with Gasteiger partial charge in [0.15, 0.2) is 12.6 Å². The number of carbonyl (C=O) groups excluding carboxylic acids is 1. The number of aliphatic hydroxyl groups excluding tert-OH is 4. The molecular formula is C25H37N3O8. The van der Waals surface area contributed by atoms with Gasteiger partial charge in [0, 0.05) is 35.5 Å². The molecule has 1 unspecified atom stereocenters. The molecule has 6 atom stereocenters. The summed E-state index contributed by atoms with van der Waals surface area (Å²) in [6.07, 6.45) is -3.38. The van der Waals surface area contributed by atoms with E-state index < -0.39 is 49.2 Å². The van der Waals surface area contributed by atoms with Gasteiger partial charge < -0.3 is 50.3 Å². The minimum Gasteiger partial charge on any atom is -0.394 e. The molecule has 2 aliphatic rings. The molecule has 1 amide bonds. The van der Waals surface area contributed by atoms with E-state index >= 15 is 0 Å². The maximum Gasteiger partial charge on any atom is 0.237 e. The molecule has 36 heavy (non-hydrogen) atoms. The van der Waals surface area contributed by atoms with Gasteiger partial charge >= 0.3 is 0 Å². The van der Waals surface area contributed by atoms with Gasteiger partial charge in [-0.3, -0.25) is 4.79 Å². The van der Waals surface area contributed by atoms with Crippen LogP contribution in [-0.4, -0.2) is 101 Å². The Morgan fingerprint density at radius 3 is 2.61 bits per heavy atom. The summed E-state index contributed by atoms with van der Waals surface area (Å²) >= 11 is 0. The standard InChI is InChI=1S/C25H37N3O8/c1-25(2)12-34-19(35-13-25)7-8-26-17(9-14-10-27-16-6-4-3-5-15(14)16)23(32)28-20-22(31)21(30)18(11-29)36-24(20)33/h3-6,10,17-22,24,26-27,29-31,33H,7-9,11-13H2,1-2H3,(H,28,32)/t17-,18+,20+,21+,22+,24?/m0/s1. The van der Waals surface area contributed by atoms with Gasteiger partial charge in [0.25, 0.3) is 0 Å². The Morgan fingerprint density at radius 1 is 1.17 bits per heavy atom. The van der Waals surface area contributed by atoms with Gasteiger partial charge in [0.1, 0.15) is 24.4 Å². The summed E-state index contributed by atoms with van der Waals surface area (Å²) in [5, 5.41) is 47.1. The van der Waals surface area contributed by atoms with Crippen LogP contribution in [0.25, 0.3) is 10.9 Å². The first kappa shape index (κ1) is 27.0. The molecule has 0 aliphatic carbocycles. The average Bonchev–Trinajstić information content (AvgIpc) is 3.27. The number of benzene rings is 1. The molecule has 11 nitrogen and oxygen atoms in total. The van der Waals surface area contributed by atoms with E-state index in [-0.39, 0.29) is 11.7 Å². The summed E-state index contributed by atoms with van der Waals surface area (Å²) in [5.41, 5.74) is 1.83. The van der Waals surface area contributed by atoms with Crippen molar-refractivity contribution < 1.29 is 39.4 Å². The van der Waals surface area contributed by atoms with Crippen LogP contribution in [0.15, 0.2) is 30.5 Å². The van der Waals surface area contributed by atoms with E-state index in [1.807, 2.05) is 30.5 Å². The zero-order chi connectivity index (χ0) is 25.9. The molecule has 11 heteroatoms. The maximum atomic E-state index is 13.3. The topological polar surface area (TPSA) is 166 Å². The van der Waals surface area contributed by atoms with E-state index in [0.717, 1.165) is 16.5 Å². The van der Waals surface area contributed by atoms with Gasteiger partial charge in [0.2, 0.25) is 5.91 Å². The number of aliphatic hydroxyl groups is 4. The number of aromatic nitrogens is 1. The second-order valence-corrected chi connectivity index (χ2v) is 10.3. The molecule has 1 aromatic carbocycles. The van der Waals surface area contributed by atoms with Gasteiger partial charge in [0.05, 0.1) is 25.9 Å². The smallest absolute Gasteiger partial charge is 0.237 e. The Balaban J connectivity index is 1.43. The molecule has 1 aromatic heterocycles. The van der Waals surface area contributed by atoms with E-state index in [1.54, 1.807) is 0 Å². The number of hydrogen-bond donors (Lipinski definition) is 7. The minimum atomic E-state index is -1.59. The average molecular weight is 508 g/mol.